The highest BCUT2D eigenvalue weighted by molar-refractivity contribution is 6.30. The molecule has 1 aromatic carbocycles. The molecule has 6 heteroatoms. The lowest BCUT2D eigenvalue weighted by Crippen LogP contribution is -2.44. The second-order valence-corrected chi connectivity index (χ2v) is 5.57. The van der Waals surface area contributed by atoms with Crippen LogP contribution in [0.5, 0.6) is 0 Å². The molecule has 2 rings (SSSR count). The van der Waals surface area contributed by atoms with E-state index in [2.05, 4.69) is 0 Å². The summed E-state index contributed by atoms with van der Waals surface area (Å²) in [5.74, 6) is -0.937. The van der Waals surface area contributed by atoms with Gasteiger partial charge in [0.05, 0.1) is 12.6 Å². The highest BCUT2D eigenvalue weighted by Crippen LogP contribution is 2.25. The average Bonchev–Trinajstić information content (AvgIpc) is 2.81. The molecule has 1 unspecified atom stereocenters. The summed E-state index contributed by atoms with van der Waals surface area (Å²) in [7, 11) is 0. The van der Waals surface area contributed by atoms with Crippen LogP contribution in [0.15, 0.2) is 24.3 Å². The van der Waals surface area contributed by atoms with Crippen LogP contribution >= 0.6 is 11.6 Å². The SMILES string of the molecule is CCCN(CC(=O)O)C1CCN(c2ccc(Cl)cc2)C1=O. The smallest absolute Gasteiger partial charge is 0.317 e. The van der Waals surface area contributed by atoms with Crippen molar-refractivity contribution in [2.45, 2.75) is 25.8 Å². The zero-order valence-electron chi connectivity index (χ0n) is 12.0. The van der Waals surface area contributed by atoms with E-state index in [4.69, 9.17) is 16.7 Å². The topological polar surface area (TPSA) is 60.9 Å². The van der Waals surface area contributed by atoms with Gasteiger partial charge in [0.2, 0.25) is 5.91 Å². The molecular formula is C15H19ClN2O3. The van der Waals surface area contributed by atoms with Crippen LogP contribution in [0.2, 0.25) is 5.02 Å². The number of anilines is 1. The first-order chi connectivity index (χ1) is 10.0. The summed E-state index contributed by atoms with van der Waals surface area (Å²) in [6.45, 7) is 3.09. The molecular weight excluding hydrogens is 292 g/mol. The fourth-order valence-electron chi connectivity index (χ4n) is 2.69. The number of nitrogens with zero attached hydrogens (tertiary/aromatic N) is 2. The van der Waals surface area contributed by atoms with Crippen LogP contribution in [0.3, 0.4) is 0 Å². The molecule has 1 saturated heterocycles. The fraction of sp³-hybridized carbons (Fsp3) is 0.467. The van der Waals surface area contributed by atoms with Crippen molar-refractivity contribution in [1.82, 2.24) is 4.90 Å². The first-order valence-electron chi connectivity index (χ1n) is 7.05. The zero-order valence-corrected chi connectivity index (χ0v) is 12.7. The Labute approximate surface area is 129 Å². The monoisotopic (exact) mass is 310 g/mol. The van der Waals surface area contributed by atoms with E-state index in [9.17, 15) is 9.59 Å². The largest absolute Gasteiger partial charge is 0.480 e. The lowest BCUT2D eigenvalue weighted by Gasteiger charge is -2.25. The Hall–Kier alpha value is -1.59. The molecule has 5 nitrogen and oxygen atoms in total. The highest BCUT2D eigenvalue weighted by atomic mass is 35.5. The van der Waals surface area contributed by atoms with E-state index >= 15 is 0 Å². The third-order valence-electron chi connectivity index (χ3n) is 3.61. The Morgan fingerprint density at radius 1 is 1.43 bits per heavy atom. The molecule has 1 aliphatic rings. The minimum atomic E-state index is -0.902. The molecule has 1 aliphatic heterocycles. The van der Waals surface area contributed by atoms with Crippen molar-refractivity contribution in [1.29, 1.82) is 0 Å². The van der Waals surface area contributed by atoms with Gasteiger partial charge in [-0.3, -0.25) is 14.5 Å². The third-order valence-corrected chi connectivity index (χ3v) is 3.86. The summed E-state index contributed by atoms with van der Waals surface area (Å²) in [5.41, 5.74) is 0.804. The first-order valence-corrected chi connectivity index (χ1v) is 7.43. The minimum Gasteiger partial charge on any atom is -0.480 e. The quantitative estimate of drug-likeness (QED) is 0.875. The van der Waals surface area contributed by atoms with Crippen LogP contribution in [0.4, 0.5) is 5.69 Å². The van der Waals surface area contributed by atoms with Crippen LogP contribution in [0.1, 0.15) is 19.8 Å². The molecule has 0 spiro atoms. The van der Waals surface area contributed by atoms with Gasteiger partial charge in [-0.1, -0.05) is 18.5 Å². The second-order valence-electron chi connectivity index (χ2n) is 5.13. The lowest BCUT2D eigenvalue weighted by atomic mass is 10.2. The van der Waals surface area contributed by atoms with Crippen LogP contribution < -0.4 is 4.90 Å². The van der Waals surface area contributed by atoms with E-state index in [1.165, 1.54) is 0 Å². The Morgan fingerprint density at radius 2 is 2.10 bits per heavy atom. The van der Waals surface area contributed by atoms with Gasteiger partial charge in [0.15, 0.2) is 0 Å². The van der Waals surface area contributed by atoms with Crippen molar-refractivity contribution in [3.8, 4) is 0 Å². The van der Waals surface area contributed by atoms with Crippen LogP contribution in [-0.4, -0.2) is 47.6 Å². The summed E-state index contributed by atoms with van der Waals surface area (Å²) in [5, 5.41) is 9.61. The van der Waals surface area contributed by atoms with Crippen molar-refractivity contribution in [3.63, 3.8) is 0 Å². The Morgan fingerprint density at radius 3 is 2.67 bits per heavy atom. The van der Waals surface area contributed by atoms with E-state index in [-0.39, 0.29) is 18.5 Å². The number of hydrogen-bond donors (Lipinski definition) is 1. The lowest BCUT2D eigenvalue weighted by molar-refractivity contribution is -0.139. The summed E-state index contributed by atoms with van der Waals surface area (Å²) in [4.78, 5) is 27.0. The molecule has 1 amide bonds. The molecule has 1 N–H and O–H groups in total. The van der Waals surface area contributed by atoms with E-state index in [1.807, 2.05) is 19.1 Å². The third kappa shape index (κ3) is 3.74. The molecule has 21 heavy (non-hydrogen) atoms. The van der Waals surface area contributed by atoms with Crippen LogP contribution in [-0.2, 0) is 9.59 Å². The number of halogens is 1. The van der Waals surface area contributed by atoms with Gasteiger partial charge in [-0.05, 0) is 43.7 Å². The minimum absolute atomic E-state index is 0.0352. The molecule has 1 aromatic rings. The summed E-state index contributed by atoms with van der Waals surface area (Å²) < 4.78 is 0. The number of carbonyl (C=O) groups excluding carboxylic acids is 1. The van der Waals surface area contributed by atoms with Gasteiger partial charge < -0.3 is 10.0 Å². The van der Waals surface area contributed by atoms with Crippen molar-refractivity contribution in [3.05, 3.63) is 29.3 Å². The van der Waals surface area contributed by atoms with E-state index < -0.39 is 5.97 Å². The van der Waals surface area contributed by atoms with Crippen molar-refractivity contribution in [2.24, 2.45) is 0 Å². The number of carboxylic acid groups (broad SMARTS) is 1. The maximum atomic E-state index is 12.5. The predicted octanol–water partition coefficient (Wildman–Crippen LogP) is 2.24. The maximum Gasteiger partial charge on any atom is 0.317 e. The number of amides is 1. The van der Waals surface area contributed by atoms with Gasteiger partial charge in [-0.15, -0.1) is 0 Å². The van der Waals surface area contributed by atoms with E-state index in [0.29, 0.717) is 24.5 Å². The molecule has 0 aliphatic carbocycles. The van der Waals surface area contributed by atoms with Gasteiger partial charge in [-0.25, -0.2) is 0 Å². The first kappa shape index (κ1) is 15.8. The maximum absolute atomic E-state index is 12.5. The number of carboxylic acids is 1. The number of rotatable bonds is 6. The Balaban J connectivity index is 2.12. The van der Waals surface area contributed by atoms with Gasteiger partial charge >= 0.3 is 5.97 Å². The average molecular weight is 311 g/mol. The molecule has 1 heterocycles. The normalized spacial score (nSPS) is 18.5. The predicted molar refractivity (Wildman–Crippen MR) is 81.7 cm³/mol. The highest BCUT2D eigenvalue weighted by Gasteiger charge is 2.36. The molecule has 1 fully saturated rings. The summed E-state index contributed by atoms with van der Waals surface area (Å²) >= 11 is 5.86. The van der Waals surface area contributed by atoms with Gasteiger partial charge in [-0.2, -0.15) is 0 Å². The van der Waals surface area contributed by atoms with Crippen molar-refractivity contribution >= 4 is 29.2 Å². The molecule has 0 aromatic heterocycles. The number of aliphatic carboxylic acids is 1. The number of hydrogen-bond acceptors (Lipinski definition) is 3. The summed E-state index contributed by atoms with van der Waals surface area (Å²) in [6, 6.07) is 6.77. The number of carbonyl (C=O) groups is 2. The van der Waals surface area contributed by atoms with Gasteiger partial charge in [0.25, 0.3) is 0 Å². The zero-order chi connectivity index (χ0) is 15.4. The molecule has 1 atom stereocenters. The van der Waals surface area contributed by atoms with Crippen LogP contribution in [0.25, 0.3) is 0 Å². The number of benzene rings is 1. The van der Waals surface area contributed by atoms with E-state index in [1.54, 1.807) is 21.9 Å². The standard InChI is InChI=1S/C15H19ClN2O3/c1-2-8-17(10-14(19)20)13-7-9-18(15(13)21)12-5-3-11(16)4-6-12/h3-6,13H,2,7-10H2,1H3,(H,19,20). The molecule has 0 saturated carbocycles. The summed E-state index contributed by atoms with van der Waals surface area (Å²) in [6.07, 6.45) is 1.47. The molecule has 0 radical (unpaired) electrons. The second kappa shape index (κ2) is 6.91. The molecule has 114 valence electrons. The fourth-order valence-corrected chi connectivity index (χ4v) is 2.81. The van der Waals surface area contributed by atoms with Gasteiger partial charge in [0, 0.05) is 17.3 Å². The van der Waals surface area contributed by atoms with Gasteiger partial charge in [0.1, 0.15) is 0 Å². The Kier molecular flexibility index (Phi) is 5.20. The van der Waals surface area contributed by atoms with Crippen molar-refractivity contribution in [2.75, 3.05) is 24.5 Å². The van der Waals surface area contributed by atoms with Crippen LogP contribution in [0, 0.1) is 0 Å². The van der Waals surface area contributed by atoms with Crippen molar-refractivity contribution < 1.29 is 14.7 Å². The van der Waals surface area contributed by atoms with E-state index in [0.717, 1.165) is 12.1 Å². The molecule has 0 bridgehead atoms. The Bertz CT molecular complexity index is 518.